The van der Waals surface area contributed by atoms with Crippen molar-refractivity contribution >= 4 is 15.7 Å². The van der Waals surface area contributed by atoms with Crippen molar-refractivity contribution in [1.82, 2.24) is 10.2 Å². The lowest BCUT2D eigenvalue weighted by atomic mass is 10.3. The molecule has 108 valence electrons. The minimum absolute atomic E-state index is 0.115. The second-order valence-electron chi connectivity index (χ2n) is 4.22. The minimum atomic E-state index is -2.92. The van der Waals surface area contributed by atoms with E-state index < -0.39 is 9.84 Å². The molecular weight excluding hydrogens is 252 g/mol. The molecule has 0 saturated carbocycles. The normalized spacial score (nSPS) is 11.5. The molecule has 0 aromatic rings. The fourth-order valence-electron chi connectivity index (χ4n) is 1.70. The second kappa shape index (κ2) is 9.33. The zero-order valence-corrected chi connectivity index (χ0v) is 12.6. The summed E-state index contributed by atoms with van der Waals surface area (Å²) in [6.07, 6.45) is 1.08. The Morgan fingerprint density at radius 3 is 2.17 bits per heavy atom. The number of hydrogen-bond donors (Lipinski definition) is 1. The quantitative estimate of drug-likeness (QED) is 0.596. The zero-order valence-electron chi connectivity index (χ0n) is 11.7. The molecule has 0 atom stereocenters. The summed E-state index contributed by atoms with van der Waals surface area (Å²) < 4.78 is 22.8. The van der Waals surface area contributed by atoms with Crippen molar-refractivity contribution in [3.63, 3.8) is 0 Å². The summed E-state index contributed by atoms with van der Waals surface area (Å²) in [5.74, 6) is 0.511. The van der Waals surface area contributed by atoms with Gasteiger partial charge in [-0.05, 0) is 20.3 Å². The van der Waals surface area contributed by atoms with Crippen LogP contribution < -0.4 is 5.32 Å². The van der Waals surface area contributed by atoms with Crippen LogP contribution in [0, 0.1) is 0 Å². The molecule has 0 rings (SSSR count). The minimum Gasteiger partial charge on any atom is -0.343 e. The van der Waals surface area contributed by atoms with E-state index in [0.29, 0.717) is 25.9 Å². The monoisotopic (exact) mass is 278 g/mol. The van der Waals surface area contributed by atoms with Gasteiger partial charge in [-0.2, -0.15) is 0 Å². The predicted molar refractivity (Wildman–Crippen MR) is 74.4 cm³/mol. The van der Waals surface area contributed by atoms with Gasteiger partial charge < -0.3 is 10.2 Å². The number of carbonyl (C=O) groups excluding carboxylic acids is 1. The second-order valence-corrected chi connectivity index (χ2v) is 6.52. The average Bonchev–Trinajstić information content (AvgIpc) is 2.30. The van der Waals surface area contributed by atoms with E-state index >= 15 is 0 Å². The molecule has 0 aliphatic rings. The van der Waals surface area contributed by atoms with Gasteiger partial charge in [-0.25, -0.2) is 8.42 Å². The van der Waals surface area contributed by atoms with Crippen molar-refractivity contribution in [2.75, 3.05) is 37.7 Å². The Bertz CT molecular complexity index is 324. The van der Waals surface area contributed by atoms with E-state index in [1.807, 2.05) is 20.8 Å². The molecule has 0 aromatic carbocycles. The molecule has 0 radical (unpaired) electrons. The van der Waals surface area contributed by atoms with Crippen molar-refractivity contribution in [3.8, 4) is 0 Å². The molecular formula is C12H26N2O3S. The van der Waals surface area contributed by atoms with Gasteiger partial charge in [-0.15, -0.1) is 0 Å². The standard InChI is InChI=1S/C12H26N2O3S/c1-4-10-18(16,17)11-9-13-8-7-12(15)14(5-2)6-3/h13H,4-11H2,1-3H3. The Kier molecular flexibility index (Phi) is 9.01. The van der Waals surface area contributed by atoms with Crippen molar-refractivity contribution in [2.24, 2.45) is 0 Å². The summed E-state index contributed by atoms with van der Waals surface area (Å²) in [5, 5.41) is 3.01. The molecule has 0 aliphatic carbocycles. The van der Waals surface area contributed by atoms with Gasteiger partial charge in [-0.3, -0.25) is 4.79 Å². The summed E-state index contributed by atoms with van der Waals surface area (Å²) in [6, 6.07) is 0. The molecule has 0 spiro atoms. The number of nitrogens with zero attached hydrogens (tertiary/aromatic N) is 1. The number of amides is 1. The maximum atomic E-state index is 11.6. The van der Waals surface area contributed by atoms with Gasteiger partial charge in [0.2, 0.25) is 5.91 Å². The van der Waals surface area contributed by atoms with Crippen LogP contribution in [0.5, 0.6) is 0 Å². The Balaban J connectivity index is 3.72. The van der Waals surface area contributed by atoms with Crippen LogP contribution in [0.3, 0.4) is 0 Å². The molecule has 0 saturated heterocycles. The van der Waals surface area contributed by atoms with Gasteiger partial charge in [0.1, 0.15) is 0 Å². The van der Waals surface area contributed by atoms with E-state index in [4.69, 9.17) is 0 Å². The third-order valence-corrected chi connectivity index (χ3v) is 4.59. The lowest BCUT2D eigenvalue weighted by Crippen LogP contribution is -2.33. The first-order valence-electron chi connectivity index (χ1n) is 6.65. The molecule has 0 aromatic heterocycles. The number of sulfone groups is 1. The van der Waals surface area contributed by atoms with Gasteiger partial charge >= 0.3 is 0 Å². The summed E-state index contributed by atoms with van der Waals surface area (Å²) in [4.78, 5) is 13.4. The molecule has 0 fully saturated rings. The maximum Gasteiger partial charge on any atom is 0.223 e. The number of hydrogen-bond acceptors (Lipinski definition) is 4. The number of rotatable bonds is 10. The fraction of sp³-hybridized carbons (Fsp3) is 0.917. The Hall–Kier alpha value is -0.620. The van der Waals surface area contributed by atoms with E-state index in [-0.39, 0.29) is 17.4 Å². The van der Waals surface area contributed by atoms with Crippen molar-refractivity contribution in [1.29, 1.82) is 0 Å². The molecule has 1 N–H and O–H groups in total. The molecule has 5 nitrogen and oxygen atoms in total. The van der Waals surface area contributed by atoms with Gasteiger partial charge in [0.15, 0.2) is 9.84 Å². The first kappa shape index (κ1) is 17.4. The van der Waals surface area contributed by atoms with E-state index in [9.17, 15) is 13.2 Å². The highest BCUT2D eigenvalue weighted by molar-refractivity contribution is 7.91. The van der Waals surface area contributed by atoms with Gasteiger partial charge in [-0.1, -0.05) is 6.92 Å². The first-order chi connectivity index (χ1) is 8.46. The van der Waals surface area contributed by atoms with Crippen molar-refractivity contribution < 1.29 is 13.2 Å². The molecule has 0 bridgehead atoms. The Morgan fingerprint density at radius 1 is 1.06 bits per heavy atom. The smallest absolute Gasteiger partial charge is 0.223 e. The molecule has 0 aliphatic heterocycles. The third-order valence-electron chi connectivity index (χ3n) is 2.74. The van der Waals surface area contributed by atoms with Crippen LogP contribution in [0.25, 0.3) is 0 Å². The lowest BCUT2D eigenvalue weighted by molar-refractivity contribution is -0.130. The predicted octanol–water partition coefficient (Wildman–Crippen LogP) is 0.659. The molecule has 0 unspecified atom stereocenters. The van der Waals surface area contributed by atoms with E-state index in [1.54, 1.807) is 4.90 Å². The summed E-state index contributed by atoms with van der Waals surface area (Å²) >= 11 is 0. The zero-order chi connectivity index (χ0) is 14.0. The van der Waals surface area contributed by atoms with Crippen molar-refractivity contribution in [2.45, 2.75) is 33.6 Å². The Morgan fingerprint density at radius 2 is 1.67 bits per heavy atom. The highest BCUT2D eigenvalue weighted by Gasteiger charge is 2.10. The van der Waals surface area contributed by atoms with Gasteiger partial charge in [0.25, 0.3) is 0 Å². The largest absolute Gasteiger partial charge is 0.343 e. The average molecular weight is 278 g/mol. The summed E-state index contributed by atoms with van der Waals surface area (Å²) in [7, 11) is -2.92. The van der Waals surface area contributed by atoms with Crippen LogP contribution in [0.2, 0.25) is 0 Å². The number of carbonyl (C=O) groups is 1. The van der Waals surface area contributed by atoms with Crippen LogP contribution in [-0.2, 0) is 14.6 Å². The highest BCUT2D eigenvalue weighted by Crippen LogP contribution is 1.94. The summed E-state index contributed by atoms with van der Waals surface area (Å²) in [6.45, 7) is 8.16. The Labute approximate surface area is 111 Å². The van der Waals surface area contributed by atoms with Crippen LogP contribution >= 0.6 is 0 Å². The molecule has 1 amide bonds. The highest BCUT2D eigenvalue weighted by atomic mass is 32.2. The first-order valence-corrected chi connectivity index (χ1v) is 8.47. The van der Waals surface area contributed by atoms with E-state index in [1.165, 1.54) is 0 Å². The molecule has 0 heterocycles. The topological polar surface area (TPSA) is 66.5 Å². The van der Waals surface area contributed by atoms with Gasteiger partial charge in [0.05, 0.1) is 5.75 Å². The third kappa shape index (κ3) is 7.66. The fourth-order valence-corrected chi connectivity index (χ4v) is 2.98. The van der Waals surface area contributed by atoms with E-state index in [2.05, 4.69) is 5.32 Å². The van der Waals surface area contributed by atoms with Crippen LogP contribution in [0.15, 0.2) is 0 Å². The molecule has 18 heavy (non-hydrogen) atoms. The van der Waals surface area contributed by atoms with Crippen LogP contribution in [0.1, 0.15) is 33.6 Å². The lowest BCUT2D eigenvalue weighted by Gasteiger charge is -2.18. The van der Waals surface area contributed by atoms with Crippen LogP contribution in [0.4, 0.5) is 0 Å². The SMILES string of the molecule is CCCS(=O)(=O)CCNCCC(=O)N(CC)CC. The number of nitrogens with one attached hydrogen (secondary N) is 1. The maximum absolute atomic E-state index is 11.6. The van der Waals surface area contributed by atoms with Crippen LogP contribution in [-0.4, -0.2) is 56.9 Å². The molecule has 6 heteroatoms. The summed E-state index contributed by atoms with van der Waals surface area (Å²) in [5.41, 5.74) is 0. The van der Waals surface area contributed by atoms with Gasteiger partial charge in [0, 0.05) is 38.4 Å². The van der Waals surface area contributed by atoms with E-state index in [0.717, 1.165) is 13.1 Å². The van der Waals surface area contributed by atoms with Crippen molar-refractivity contribution in [3.05, 3.63) is 0 Å².